The molecule has 4 heteroatoms. The summed E-state index contributed by atoms with van der Waals surface area (Å²) in [6.45, 7) is 5.36. The molecule has 0 atom stereocenters. The van der Waals surface area contributed by atoms with E-state index in [1.165, 1.54) is 11.9 Å². The predicted octanol–water partition coefficient (Wildman–Crippen LogP) is -0.0910. The molecule has 0 amide bonds. The van der Waals surface area contributed by atoms with E-state index in [0.717, 1.165) is 6.08 Å². The molecule has 0 fully saturated rings. The van der Waals surface area contributed by atoms with Crippen LogP contribution in [0.2, 0.25) is 0 Å². The van der Waals surface area contributed by atoms with Crippen molar-refractivity contribution in [2.75, 3.05) is 0 Å². The zero-order valence-corrected chi connectivity index (χ0v) is 4.64. The Kier molecular flexibility index (Phi) is 186. The zero-order valence-electron chi connectivity index (χ0n) is 4.64. The topological polar surface area (TPSA) is 75.1 Å². The maximum Gasteiger partial charge on any atom is 0.231 e. The lowest BCUT2D eigenvalue weighted by molar-refractivity contribution is 0.562. The quantitative estimate of drug-likeness (QED) is 0.280. The minimum absolute atomic E-state index is 0.750. The van der Waals surface area contributed by atoms with Gasteiger partial charge < -0.3 is 0 Å². The molecule has 0 unspecified atom stereocenters. The molecular weight excluding hydrogens is 122 g/mol. The Morgan fingerprint density at radius 1 is 1.00 bits per heavy atom. The van der Waals surface area contributed by atoms with Crippen LogP contribution in [-0.4, -0.2) is 18.0 Å². The second kappa shape index (κ2) is 107. The van der Waals surface area contributed by atoms with Crippen molar-refractivity contribution < 1.29 is 14.4 Å². The van der Waals surface area contributed by atoms with Crippen LogP contribution in [0.25, 0.3) is 0 Å². The fourth-order valence-corrected chi connectivity index (χ4v) is 0. The van der Waals surface area contributed by atoms with Gasteiger partial charge in [-0.3, -0.25) is 0 Å². The first kappa shape index (κ1) is 15.7. The maximum atomic E-state index is 8.57. The molecule has 0 aliphatic rings. The Hall–Kier alpha value is -1.72. The van der Waals surface area contributed by atoms with Crippen LogP contribution < -0.4 is 0 Å². The monoisotopic (exact) mass is 127 g/mol. The molecule has 0 bridgehead atoms. The predicted molar refractivity (Wildman–Crippen MR) is 31.1 cm³/mol. The Bertz CT molecular complexity index is 104. The first-order chi connectivity index (χ1) is 4.24. The number of nitrogens with one attached hydrogen (secondary N) is 1. The summed E-state index contributed by atoms with van der Waals surface area (Å²) in [6.07, 6.45) is 0.750. The molecule has 0 aliphatic heterocycles. The SMILES string of the molecule is C=C=O.C=C=O.N=C=O. The molecule has 0 aromatic carbocycles. The van der Waals surface area contributed by atoms with E-state index >= 15 is 0 Å². The van der Waals surface area contributed by atoms with E-state index in [-0.39, 0.29) is 0 Å². The highest BCUT2D eigenvalue weighted by Gasteiger charge is 1.03. The van der Waals surface area contributed by atoms with E-state index in [4.69, 9.17) is 19.8 Å². The van der Waals surface area contributed by atoms with E-state index in [1.54, 1.807) is 0 Å². The molecule has 0 aliphatic carbocycles. The van der Waals surface area contributed by atoms with Crippen molar-refractivity contribution in [2.45, 2.75) is 0 Å². The Morgan fingerprint density at radius 3 is 1.00 bits per heavy atom. The van der Waals surface area contributed by atoms with Crippen LogP contribution >= 0.6 is 0 Å². The van der Waals surface area contributed by atoms with Gasteiger partial charge in [-0.15, -0.1) is 0 Å². The molecule has 0 aromatic rings. The molecule has 1 N–H and O–H groups in total. The van der Waals surface area contributed by atoms with Gasteiger partial charge in [0.15, 0.2) is 0 Å². The molecule has 9 heavy (non-hydrogen) atoms. The minimum atomic E-state index is 0.750. The van der Waals surface area contributed by atoms with Crippen molar-refractivity contribution in [3.8, 4) is 0 Å². The third-order valence-corrected chi connectivity index (χ3v) is 0. The molecule has 4 nitrogen and oxygen atoms in total. The molecule has 0 spiro atoms. The fourth-order valence-electron chi connectivity index (χ4n) is 0. The minimum Gasteiger partial charge on any atom is -0.234 e. The van der Waals surface area contributed by atoms with Crippen LogP contribution in [0.5, 0.6) is 0 Å². The normalized spacial score (nSPS) is 2.67. The summed E-state index contributed by atoms with van der Waals surface area (Å²) in [6, 6.07) is 0. The van der Waals surface area contributed by atoms with Crippen molar-refractivity contribution >= 4 is 18.0 Å². The Balaban J connectivity index is -0.0000000600. The summed E-state index contributed by atoms with van der Waals surface area (Å²) in [5.41, 5.74) is 0. The lowest BCUT2D eigenvalue weighted by Gasteiger charge is -1.02. The van der Waals surface area contributed by atoms with Crippen LogP contribution in [0.4, 0.5) is 0 Å². The van der Waals surface area contributed by atoms with Crippen LogP contribution in [-0.2, 0) is 14.4 Å². The Labute approximate surface area is 52.0 Å². The highest BCUT2D eigenvalue weighted by Crippen LogP contribution is 0.897. The van der Waals surface area contributed by atoms with Crippen molar-refractivity contribution in [3.05, 3.63) is 13.2 Å². The van der Waals surface area contributed by atoms with Gasteiger partial charge in [-0.2, -0.15) is 0 Å². The first-order valence-corrected chi connectivity index (χ1v) is 1.57. The van der Waals surface area contributed by atoms with E-state index in [0.29, 0.717) is 0 Å². The van der Waals surface area contributed by atoms with E-state index in [1.807, 2.05) is 0 Å². The number of hydrogen-bond acceptors (Lipinski definition) is 4. The third kappa shape index (κ3) is 38.9. The fraction of sp³-hybridized carbons (Fsp3) is 0. The van der Waals surface area contributed by atoms with E-state index in [9.17, 15) is 0 Å². The third-order valence-electron chi connectivity index (χ3n) is 0. The lowest BCUT2D eigenvalue weighted by atomic mass is 11.2. The van der Waals surface area contributed by atoms with E-state index < -0.39 is 0 Å². The number of isocyanates is 1. The summed E-state index contributed by atoms with van der Waals surface area (Å²) >= 11 is 0. The van der Waals surface area contributed by atoms with Gasteiger partial charge in [0.2, 0.25) is 6.08 Å². The second-order valence-corrected chi connectivity index (χ2v) is 0.391. The number of carbonyl (C=O) groups excluding carboxylic acids is 3. The molecule has 0 heterocycles. The van der Waals surface area contributed by atoms with Gasteiger partial charge in [-0.25, -0.2) is 19.8 Å². The smallest absolute Gasteiger partial charge is 0.231 e. The van der Waals surface area contributed by atoms with Gasteiger partial charge in [0.05, 0.1) is 0 Å². The van der Waals surface area contributed by atoms with Crippen molar-refractivity contribution in [1.82, 2.24) is 0 Å². The standard InChI is InChI=1S/2C2H2O.CHNO/c2*1-2-3;2-1-3/h2*1H2;2H. The van der Waals surface area contributed by atoms with Crippen LogP contribution in [0, 0.1) is 5.41 Å². The molecule has 0 aromatic heterocycles. The molecule has 48 valence electrons. The van der Waals surface area contributed by atoms with Gasteiger partial charge in [0.25, 0.3) is 0 Å². The first-order valence-electron chi connectivity index (χ1n) is 1.57. The molecule has 0 radical (unpaired) electrons. The summed E-state index contributed by atoms with van der Waals surface area (Å²) in [5, 5.41) is 5.40. The van der Waals surface area contributed by atoms with Crippen LogP contribution in [0.15, 0.2) is 13.2 Å². The summed E-state index contributed by atoms with van der Waals surface area (Å²) in [7, 11) is 0. The highest BCUT2D eigenvalue weighted by molar-refractivity contribution is 5.38. The van der Waals surface area contributed by atoms with Crippen molar-refractivity contribution in [3.63, 3.8) is 0 Å². The Morgan fingerprint density at radius 2 is 1.00 bits per heavy atom. The molecule has 0 saturated carbocycles. The van der Waals surface area contributed by atoms with Gasteiger partial charge in [0, 0.05) is 0 Å². The highest BCUT2D eigenvalue weighted by atomic mass is 16.1. The molecule has 0 rings (SSSR count). The lowest BCUT2D eigenvalue weighted by Crippen LogP contribution is -1.16. The average Bonchev–Trinajstić information content (AvgIpc) is 1.70. The van der Waals surface area contributed by atoms with Gasteiger partial charge in [-0.1, -0.05) is 0 Å². The summed E-state index contributed by atoms with van der Waals surface area (Å²) < 4.78 is 0. The molecular formula is C5H5NO3. The zero-order chi connectivity index (χ0) is 8.12. The summed E-state index contributed by atoms with van der Waals surface area (Å²) in [5.74, 6) is 2.50. The number of hydrogen-bond donors (Lipinski definition) is 1. The van der Waals surface area contributed by atoms with Crippen molar-refractivity contribution in [1.29, 1.82) is 5.41 Å². The van der Waals surface area contributed by atoms with Crippen LogP contribution in [0.1, 0.15) is 0 Å². The largest absolute Gasteiger partial charge is 0.234 e. The van der Waals surface area contributed by atoms with Crippen LogP contribution in [0.3, 0.4) is 0 Å². The maximum absolute atomic E-state index is 8.57. The second-order valence-electron chi connectivity index (χ2n) is 0.391. The average molecular weight is 127 g/mol. The van der Waals surface area contributed by atoms with E-state index in [2.05, 4.69) is 13.2 Å². The van der Waals surface area contributed by atoms with Gasteiger partial charge in [-0.05, 0) is 13.2 Å². The van der Waals surface area contributed by atoms with Gasteiger partial charge in [0.1, 0.15) is 11.9 Å². The summed E-state index contributed by atoms with van der Waals surface area (Å²) in [4.78, 5) is 25.5. The van der Waals surface area contributed by atoms with Crippen molar-refractivity contribution in [2.24, 2.45) is 0 Å². The number of rotatable bonds is 0. The molecule has 0 saturated heterocycles. The van der Waals surface area contributed by atoms with Gasteiger partial charge >= 0.3 is 0 Å².